The SMILES string of the molecule is CC(N)Cc1cc(F)c(OCc2ccccn2)c(F)c1. The maximum absolute atomic E-state index is 13.8. The van der Waals surface area contributed by atoms with E-state index in [0.29, 0.717) is 17.7 Å². The Bertz CT molecular complexity index is 550. The average Bonchev–Trinajstić information content (AvgIpc) is 2.38. The quantitative estimate of drug-likeness (QED) is 0.915. The fraction of sp³-hybridized carbons (Fsp3) is 0.267. The van der Waals surface area contributed by atoms with Gasteiger partial charge in [-0.15, -0.1) is 0 Å². The molecule has 106 valence electrons. The van der Waals surface area contributed by atoms with Crippen LogP contribution >= 0.6 is 0 Å². The van der Waals surface area contributed by atoms with Gasteiger partial charge in [-0.25, -0.2) is 8.78 Å². The standard InChI is InChI=1S/C15H16F2N2O/c1-10(18)6-11-7-13(16)15(14(17)8-11)20-9-12-4-2-3-5-19-12/h2-5,7-8,10H,6,9,18H2,1H3. The van der Waals surface area contributed by atoms with E-state index < -0.39 is 11.6 Å². The third-order valence-corrected chi connectivity index (χ3v) is 2.71. The van der Waals surface area contributed by atoms with Gasteiger partial charge < -0.3 is 10.5 Å². The molecule has 2 rings (SSSR count). The lowest BCUT2D eigenvalue weighted by molar-refractivity contribution is 0.270. The van der Waals surface area contributed by atoms with E-state index in [9.17, 15) is 8.78 Å². The van der Waals surface area contributed by atoms with Crippen molar-refractivity contribution >= 4 is 0 Å². The number of halogens is 2. The van der Waals surface area contributed by atoms with E-state index in [-0.39, 0.29) is 18.4 Å². The highest BCUT2D eigenvalue weighted by Gasteiger charge is 2.13. The molecule has 0 spiro atoms. The molecule has 0 bridgehead atoms. The molecule has 0 aliphatic rings. The largest absolute Gasteiger partial charge is 0.481 e. The van der Waals surface area contributed by atoms with Crippen LogP contribution < -0.4 is 10.5 Å². The number of rotatable bonds is 5. The van der Waals surface area contributed by atoms with Crippen molar-refractivity contribution in [3.8, 4) is 5.75 Å². The molecular weight excluding hydrogens is 262 g/mol. The molecule has 1 heterocycles. The van der Waals surface area contributed by atoms with Crippen molar-refractivity contribution in [2.75, 3.05) is 0 Å². The van der Waals surface area contributed by atoms with Crippen LogP contribution in [-0.2, 0) is 13.0 Å². The first kappa shape index (κ1) is 14.4. The van der Waals surface area contributed by atoms with Crippen LogP contribution in [0.15, 0.2) is 36.5 Å². The predicted molar refractivity (Wildman–Crippen MR) is 72.3 cm³/mol. The van der Waals surface area contributed by atoms with Crippen LogP contribution in [0.25, 0.3) is 0 Å². The molecule has 1 aromatic carbocycles. The van der Waals surface area contributed by atoms with Gasteiger partial charge in [0.15, 0.2) is 17.4 Å². The highest BCUT2D eigenvalue weighted by Crippen LogP contribution is 2.24. The maximum Gasteiger partial charge on any atom is 0.191 e. The van der Waals surface area contributed by atoms with E-state index in [1.54, 1.807) is 31.3 Å². The molecular formula is C15H16F2N2O. The molecule has 0 radical (unpaired) electrons. The van der Waals surface area contributed by atoms with Gasteiger partial charge in [0.25, 0.3) is 0 Å². The van der Waals surface area contributed by atoms with Crippen molar-refractivity contribution in [2.45, 2.75) is 26.0 Å². The first-order chi connectivity index (χ1) is 9.56. The zero-order valence-corrected chi connectivity index (χ0v) is 11.1. The second-order valence-electron chi connectivity index (χ2n) is 4.68. The van der Waals surface area contributed by atoms with Gasteiger partial charge in [0, 0.05) is 12.2 Å². The number of hydrogen-bond acceptors (Lipinski definition) is 3. The zero-order valence-electron chi connectivity index (χ0n) is 11.1. The van der Waals surface area contributed by atoms with E-state index in [1.165, 1.54) is 12.1 Å². The van der Waals surface area contributed by atoms with Gasteiger partial charge >= 0.3 is 0 Å². The van der Waals surface area contributed by atoms with Crippen molar-refractivity contribution in [1.29, 1.82) is 0 Å². The van der Waals surface area contributed by atoms with Crippen LogP contribution in [-0.4, -0.2) is 11.0 Å². The number of benzene rings is 1. The summed E-state index contributed by atoms with van der Waals surface area (Å²) < 4.78 is 32.8. The van der Waals surface area contributed by atoms with Crippen LogP contribution in [0.2, 0.25) is 0 Å². The zero-order chi connectivity index (χ0) is 14.5. The first-order valence-corrected chi connectivity index (χ1v) is 6.32. The third-order valence-electron chi connectivity index (χ3n) is 2.71. The molecule has 1 unspecified atom stereocenters. The molecule has 5 heteroatoms. The van der Waals surface area contributed by atoms with Gasteiger partial charge in [-0.2, -0.15) is 0 Å². The molecule has 0 aliphatic heterocycles. The highest BCUT2D eigenvalue weighted by molar-refractivity contribution is 5.32. The molecule has 2 aromatic rings. The first-order valence-electron chi connectivity index (χ1n) is 6.32. The minimum Gasteiger partial charge on any atom is -0.481 e. The molecule has 0 saturated heterocycles. The minimum atomic E-state index is -0.725. The number of ether oxygens (including phenoxy) is 1. The molecule has 0 fully saturated rings. The van der Waals surface area contributed by atoms with Crippen molar-refractivity contribution in [3.05, 3.63) is 59.4 Å². The van der Waals surface area contributed by atoms with E-state index in [4.69, 9.17) is 10.5 Å². The second-order valence-corrected chi connectivity index (χ2v) is 4.68. The molecule has 1 aromatic heterocycles. The van der Waals surface area contributed by atoms with Crippen LogP contribution in [0.4, 0.5) is 8.78 Å². The van der Waals surface area contributed by atoms with E-state index in [0.717, 1.165) is 0 Å². The molecule has 0 aliphatic carbocycles. The van der Waals surface area contributed by atoms with Crippen LogP contribution in [0.3, 0.4) is 0 Å². The summed E-state index contributed by atoms with van der Waals surface area (Å²) in [4.78, 5) is 4.02. The van der Waals surface area contributed by atoms with Crippen LogP contribution in [0.1, 0.15) is 18.2 Å². The Morgan fingerprint density at radius 3 is 2.50 bits per heavy atom. The molecule has 1 atom stereocenters. The summed E-state index contributed by atoms with van der Waals surface area (Å²) in [5, 5.41) is 0. The van der Waals surface area contributed by atoms with Gasteiger partial charge in [0.05, 0.1) is 5.69 Å². The van der Waals surface area contributed by atoms with Crippen LogP contribution in [0.5, 0.6) is 5.75 Å². The maximum atomic E-state index is 13.8. The highest BCUT2D eigenvalue weighted by atomic mass is 19.1. The number of nitrogens with zero attached hydrogens (tertiary/aromatic N) is 1. The summed E-state index contributed by atoms with van der Waals surface area (Å²) in [6, 6.07) is 7.60. The normalized spacial score (nSPS) is 12.2. The van der Waals surface area contributed by atoms with Gasteiger partial charge in [-0.3, -0.25) is 4.98 Å². The summed E-state index contributed by atoms with van der Waals surface area (Å²) in [7, 11) is 0. The van der Waals surface area contributed by atoms with Gasteiger partial charge in [0.2, 0.25) is 0 Å². The monoisotopic (exact) mass is 278 g/mol. The molecule has 3 nitrogen and oxygen atoms in total. The third kappa shape index (κ3) is 3.74. The smallest absolute Gasteiger partial charge is 0.191 e. The molecule has 2 N–H and O–H groups in total. The van der Waals surface area contributed by atoms with E-state index >= 15 is 0 Å². The number of aromatic nitrogens is 1. The Kier molecular flexibility index (Phi) is 4.63. The lowest BCUT2D eigenvalue weighted by Crippen LogP contribution is -2.18. The second kappa shape index (κ2) is 6.43. The summed E-state index contributed by atoms with van der Waals surface area (Å²) in [5.74, 6) is -1.84. The lowest BCUT2D eigenvalue weighted by Gasteiger charge is -2.11. The van der Waals surface area contributed by atoms with Crippen molar-refractivity contribution < 1.29 is 13.5 Å². The van der Waals surface area contributed by atoms with Gasteiger partial charge in [0.1, 0.15) is 6.61 Å². The van der Waals surface area contributed by atoms with Crippen LogP contribution in [0, 0.1) is 11.6 Å². The summed E-state index contributed by atoms with van der Waals surface area (Å²) >= 11 is 0. The Hall–Kier alpha value is -2.01. The van der Waals surface area contributed by atoms with Crippen molar-refractivity contribution in [1.82, 2.24) is 4.98 Å². The van der Waals surface area contributed by atoms with E-state index in [2.05, 4.69) is 4.98 Å². The van der Waals surface area contributed by atoms with Gasteiger partial charge in [-0.1, -0.05) is 6.07 Å². The Balaban J connectivity index is 2.12. The summed E-state index contributed by atoms with van der Waals surface area (Å²) in [5.41, 5.74) is 6.73. The number of pyridine rings is 1. The van der Waals surface area contributed by atoms with E-state index in [1.807, 2.05) is 0 Å². The Labute approximate surface area is 116 Å². The molecule has 0 saturated carbocycles. The molecule has 20 heavy (non-hydrogen) atoms. The van der Waals surface area contributed by atoms with Crippen molar-refractivity contribution in [2.24, 2.45) is 5.73 Å². The fourth-order valence-electron chi connectivity index (χ4n) is 1.87. The lowest BCUT2D eigenvalue weighted by atomic mass is 10.1. The topological polar surface area (TPSA) is 48.1 Å². The summed E-state index contributed by atoms with van der Waals surface area (Å²) in [6.07, 6.45) is 2.01. The minimum absolute atomic E-state index is 0.0152. The Morgan fingerprint density at radius 1 is 1.25 bits per heavy atom. The number of nitrogens with two attached hydrogens (primary N) is 1. The predicted octanol–water partition coefficient (Wildman–Crippen LogP) is 2.83. The average molecular weight is 278 g/mol. The Morgan fingerprint density at radius 2 is 1.95 bits per heavy atom. The summed E-state index contributed by atoms with van der Waals surface area (Å²) in [6.45, 7) is 1.79. The molecule has 0 amide bonds. The van der Waals surface area contributed by atoms with Crippen molar-refractivity contribution in [3.63, 3.8) is 0 Å². The fourth-order valence-corrected chi connectivity index (χ4v) is 1.87. The van der Waals surface area contributed by atoms with Gasteiger partial charge in [-0.05, 0) is 43.2 Å². The number of hydrogen-bond donors (Lipinski definition) is 1.